The summed E-state index contributed by atoms with van der Waals surface area (Å²) < 4.78 is 4.98. The first-order valence-electron chi connectivity index (χ1n) is 11.0. The Balaban J connectivity index is 1.51. The highest BCUT2D eigenvalue weighted by molar-refractivity contribution is 5.99. The summed E-state index contributed by atoms with van der Waals surface area (Å²) in [4.78, 5) is 53.5. The first-order valence-corrected chi connectivity index (χ1v) is 11.0. The lowest BCUT2D eigenvalue weighted by Crippen LogP contribution is -2.56. The zero-order valence-electron chi connectivity index (χ0n) is 18.8. The van der Waals surface area contributed by atoms with E-state index in [2.05, 4.69) is 10.6 Å². The molecule has 0 saturated carbocycles. The van der Waals surface area contributed by atoms with E-state index in [1.807, 2.05) is 48.5 Å². The van der Waals surface area contributed by atoms with Gasteiger partial charge in [-0.05, 0) is 17.5 Å². The molecule has 34 heavy (non-hydrogen) atoms. The second kappa shape index (κ2) is 10.3. The van der Waals surface area contributed by atoms with Crippen LogP contribution in [0.15, 0.2) is 71.9 Å². The second-order valence-corrected chi connectivity index (χ2v) is 8.15. The van der Waals surface area contributed by atoms with Gasteiger partial charge in [-0.15, -0.1) is 0 Å². The predicted octanol–water partition coefficient (Wildman–Crippen LogP) is 1.38. The molecule has 2 heterocycles. The Hall–Kier alpha value is -3.98. The van der Waals surface area contributed by atoms with E-state index in [9.17, 15) is 19.2 Å². The summed E-state index contributed by atoms with van der Waals surface area (Å²) >= 11 is 0. The summed E-state index contributed by atoms with van der Waals surface area (Å²) in [7, 11) is 1.27. The van der Waals surface area contributed by atoms with E-state index >= 15 is 0 Å². The van der Waals surface area contributed by atoms with E-state index < -0.39 is 18.0 Å². The normalized spacial score (nSPS) is 19.0. The van der Waals surface area contributed by atoms with Gasteiger partial charge in [-0.3, -0.25) is 19.4 Å². The minimum atomic E-state index is -0.712. The zero-order valence-corrected chi connectivity index (χ0v) is 18.8. The van der Waals surface area contributed by atoms with Gasteiger partial charge in [-0.2, -0.15) is 0 Å². The van der Waals surface area contributed by atoms with Gasteiger partial charge in [0, 0.05) is 18.8 Å². The number of ether oxygens (including phenoxy) is 1. The Bertz CT molecular complexity index is 1100. The largest absolute Gasteiger partial charge is 0.466 e. The van der Waals surface area contributed by atoms with Crippen molar-refractivity contribution in [3.05, 3.63) is 83.1 Å². The molecule has 2 aliphatic rings. The molecule has 0 bridgehead atoms. The number of urea groups is 1. The second-order valence-electron chi connectivity index (χ2n) is 8.15. The number of nitrogens with zero attached hydrogens (tertiary/aromatic N) is 2. The third-order valence-corrected chi connectivity index (χ3v) is 5.86. The average Bonchev–Trinajstić information content (AvgIpc) is 2.84. The lowest BCUT2D eigenvalue weighted by atomic mass is 9.95. The molecule has 9 nitrogen and oxygen atoms in total. The number of imide groups is 1. The van der Waals surface area contributed by atoms with E-state index in [1.165, 1.54) is 12.0 Å². The molecule has 4 rings (SSSR count). The number of esters is 1. The quantitative estimate of drug-likeness (QED) is 0.476. The van der Waals surface area contributed by atoms with Crippen molar-refractivity contribution in [2.75, 3.05) is 33.3 Å². The van der Waals surface area contributed by atoms with Crippen molar-refractivity contribution >= 4 is 23.8 Å². The smallest absolute Gasteiger partial charge is 0.338 e. The van der Waals surface area contributed by atoms with Crippen LogP contribution >= 0.6 is 0 Å². The van der Waals surface area contributed by atoms with Crippen LogP contribution in [0.5, 0.6) is 0 Å². The molecule has 1 unspecified atom stereocenters. The number of methoxy groups -OCH3 is 1. The molecular weight excluding hydrogens is 436 g/mol. The molecule has 2 aromatic rings. The zero-order chi connectivity index (χ0) is 24.1. The van der Waals surface area contributed by atoms with Crippen molar-refractivity contribution in [3.63, 3.8) is 0 Å². The van der Waals surface area contributed by atoms with Crippen LogP contribution in [0.4, 0.5) is 4.79 Å². The molecule has 1 atom stereocenters. The average molecular weight is 463 g/mol. The third kappa shape index (κ3) is 5.15. The molecule has 1 saturated heterocycles. The van der Waals surface area contributed by atoms with Gasteiger partial charge in [-0.1, -0.05) is 60.7 Å². The highest BCUT2D eigenvalue weighted by atomic mass is 16.5. The minimum Gasteiger partial charge on any atom is -0.466 e. The Labute approximate surface area is 197 Å². The van der Waals surface area contributed by atoms with E-state index in [0.29, 0.717) is 24.2 Å². The van der Waals surface area contributed by atoms with Crippen LogP contribution in [0, 0.1) is 0 Å². The van der Waals surface area contributed by atoms with Crippen molar-refractivity contribution in [1.29, 1.82) is 0 Å². The third-order valence-electron chi connectivity index (χ3n) is 5.86. The summed E-state index contributed by atoms with van der Waals surface area (Å²) in [5, 5.41) is 5.42. The Kier molecular flexibility index (Phi) is 7.03. The van der Waals surface area contributed by atoms with Gasteiger partial charge in [0.15, 0.2) is 0 Å². The van der Waals surface area contributed by atoms with Crippen LogP contribution in [0.25, 0.3) is 0 Å². The van der Waals surface area contributed by atoms with Crippen LogP contribution in [0.1, 0.15) is 17.2 Å². The minimum absolute atomic E-state index is 0.00220. The van der Waals surface area contributed by atoms with Crippen LogP contribution in [0.2, 0.25) is 0 Å². The molecule has 176 valence electrons. The maximum Gasteiger partial charge on any atom is 0.338 e. The van der Waals surface area contributed by atoms with Crippen molar-refractivity contribution < 1.29 is 23.9 Å². The van der Waals surface area contributed by atoms with Crippen molar-refractivity contribution in [2.24, 2.45) is 0 Å². The maximum atomic E-state index is 12.8. The van der Waals surface area contributed by atoms with Crippen LogP contribution in [0.3, 0.4) is 0 Å². The number of hydrogen-bond donors (Lipinski definition) is 2. The van der Waals surface area contributed by atoms with Gasteiger partial charge >= 0.3 is 12.0 Å². The van der Waals surface area contributed by atoms with Crippen LogP contribution < -0.4 is 10.6 Å². The van der Waals surface area contributed by atoms with E-state index in [0.717, 1.165) is 5.56 Å². The Morgan fingerprint density at radius 2 is 1.59 bits per heavy atom. The monoisotopic (exact) mass is 462 g/mol. The van der Waals surface area contributed by atoms with E-state index in [-0.39, 0.29) is 37.0 Å². The number of nitrogens with one attached hydrogen (secondary N) is 2. The SMILES string of the molecule is COC(=O)C1=C(CN2CC(=O)N(CCc3ccccc3)C(=O)C2)NC(=O)NC1c1ccccc1. The molecular formula is C25H26N4O5. The van der Waals surface area contributed by atoms with Gasteiger partial charge in [0.1, 0.15) is 0 Å². The van der Waals surface area contributed by atoms with Gasteiger partial charge in [-0.25, -0.2) is 9.59 Å². The van der Waals surface area contributed by atoms with Crippen molar-refractivity contribution in [2.45, 2.75) is 12.5 Å². The van der Waals surface area contributed by atoms with Crippen molar-refractivity contribution in [1.82, 2.24) is 20.4 Å². The topological polar surface area (TPSA) is 108 Å². The fraction of sp³-hybridized carbons (Fsp3) is 0.280. The molecule has 1 fully saturated rings. The molecule has 4 amide bonds. The van der Waals surface area contributed by atoms with Crippen molar-refractivity contribution in [3.8, 4) is 0 Å². The van der Waals surface area contributed by atoms with E-state index in [1.54, 1.807) is 17.0 Å². The molecule has 2 aliphatic heterocycles. The number of hydrogen-bond acceptors (Lipinski definition) is 6. The van der Waals surface area contributed by atoms with Crippen LogP contribution in [-0.2, 0) is 25.5 Å². The van der Waals surface area contributed by atoms with E-state index in [4.69, 9.17) is 4.74 Å². The first-order chi connectivity index (χ1) is 16.5. The summed E-state index contributed by atoms with van der Waals surface area (Å²) in [6.07, 6.45) is 0.580. The molecule has 0 spiro atoms. The lowest BCUT2D eigenvalue weighted by Gasteiger charge is -2.35. The number of piperazine rings is 1. The standard InChI is InChI=1S/C25H26N4O5/c1-34-24(32)22-19(26-25(33)27-23(22)18-10-6-3-7-11-18)14-28-15-20(30)29(21(31)16-28)13-12-17-8-4-2-5-9-17/h2-11,23H,12-16H2,1H3,(H2,26,27,33). The summed E-state index contributed by atoms with van der Waals surface area (Å²) in [6, 6.07) is 17.5. The predicted molar refractivity (Wildman–Crippen MR) is 123 cm³/mol. The number of benzene rings is 2. The molecule has 0 aromatic heterocycles. The van der Waals surface area contributed by atoms with Gasteiger partial charge < -0.3 is 15.4 Å². The highest BCUT2D eigenvalue weighted by Gasteiger charge is 2.36. The molecule has 0 aliphatic carbocycles. The fourth-order valence-corrected chi connectivity index (χ4v) is 4.21. The summed E-state index contributed by atoms with van der Waals surface area (Å²) in [6.45, 7) is 0.350. The molecule has 2 N–H and O–H groups in total. The summed E-state index contributed by atoms with van der Waals surface area (Å²) in [5.41, 5.74) is 2.30. The van der Waals surface area contributed by atoms with Crippen LogP contribution in [-0.4, -0.2) is 66.9 Å². The summed E-state index contributed by atoms with van der Waals surface area (Å²) in [5.74, 6) is -1.23. The Morgan fingerprint density at radius 3 is 2.21 bits per heavy atom. The first kappa shape index (κ1) is 23.2. The maximum absolute atomic E-state index is 12.8. The number of rotatable bonds is 7. The van der Waals surface area contributed by atoms with Gasteiger partial charge in [0.05, 0.1) is 31.8 Å². The molecule has 9 heteroatoms. The fourth-order valence-electron chi connectivity index (χ4n) is 4.21. The number of carbonyl (C=O) groups excluding carboxylic acids is 4. The Morgan fingerprint density at radius 1 is 0.971 bits per heavy atom. The number of carbonyl (C=O) groups is 4. The highest BCUT2D eigenvalue weighted by Crippen LogP contribution is 2.28. The van der Waals surface area contributed by atoms with Gasteiger partial charge in [0.2, 0.25) is 11.8 Å². The lowest BCUT2D eigenvalue weighted by molar-refractivity contribution is -0.151. The molecule has 2 aromatic carbocycles. The molecule has 0 radical (unpaired) electrons. The van der Waals surface area contributed by atoms with Gasteiger partial charge in [0.25, 0.3) is 0 Å². The number of amides is 4.